The standard InChI is InChI=1S/C46H81NO7/c1-6-8-10-12-14-16-18-20-21-22-23-25-26-28-30-32-34-36-44(48)53-41-42(40-52-39-38-43(46(50)51)47(3,4)5)54-45(49)37-35-33-31-29-27-24-19-17-15-13-11-9-7-2/h14,16,20-21,24,27,31,33,42-43H,6-13,15,17-19,22-23,25-26,28-30,32,34-41H2,1-5H3/p+1/b16-14+,21-20+,27-24+,33-31+. The number of carbonyl (C=O) groups excluding carboxylic acids is 2. The number of rotatable bonds is 38. The molecule has 0 radical (unpaired) electrons. The SMILES string of the molecule is CCCCC/C=C/C/C=C/CCCCCCCCCC(=O)OCC(COCCC(C(=O)O)[N+](C)(C)C)OC(=O)CC/C=C/C/C=C/CCCCCCCC. The van der Waals surface area contributed by atoms with Crippen LogP contribution in [0.2, 0.25) is 0 Å². The summed E-state index contributed by atoms with van der Waals surface area (Å²) in [6.45, 7) is 4.62. The summed E-state index contributed by atoms with van der Waals surface area (Å²) >= 11 is 0. The van der Waals surface area contributed by atoms with Crippen LogP contribution in [-0.4, -0.2) is 80.6 Å². The van der Waals surface area contributed by atoms with E-state index >= 15 is 0 Å². The summed E-state index contributed by atoms with van der Waals surface area (Å²) in [5.41, 5.74) is 0. The van der Waals surface area contributed by atoms with Crippen molar-refractivity contribution < 1.29 is 38.2 Å². The average molecular weight is 761 g/mol. The van der Waals surface area contributed by atoms with Crippen molar-refractivity contribution in [1.82, 2.24) is 0 Å². The zero-order valence-corrected chi connectivity index (χ0v) is 35.4. The molecule has 0 aliphatic rings. The maximum atomic E-state index is 12.7. The molecule has 0 rings (SSSR count). The van der Waals surface area contributed by atoms with E-state index in [4.69, 9.17) is 14.2 Å². The Morgan fingerprint density at radius 1 is 0.556 bits per heavy atom. The lowest BCUT2D eigenvalue weighted by atomic mass is 10.1. The highest BCUT2D eigenvalue weighted by atomic mass is 16.6. The second kappa shape index (κ2) is 37.2. The van der Waals surface area contributed by atoms with E-state index in [0.717, 1.165) is 44.9 Å². The van der Waals surface area contributed by atoms with Gasteiger partial charge in [0, 0.05) is 19.3 Å². The van der Waals surface area contributed by atoms with Gasteiger partial charge in [0.25, 0.3) is 0 Å². The third-order valence-corrected chi connectivity index (χ3v) is 9.46. The molecular weight excluding hydrogens is 679 g/mol. The van der Waals surface area contributed by atoms with Crippen LogP contribution in [0, 0.1) is 0 Å². The first-order valence-corrected chi connectivity index (χ1v) is 21.7. The van der Waals surface area contributed by atoms with Gasteiger partial charge < -0.3 is 23.8 Å². The van der Waals surface area contributed by atoms with Crippen molar-refractivity contribution in [3.63, 3.8) is 0 Å². The Balaban J connectivity index is 4.42. The molecule has 0 bridgehead atoms. The summed E-state index contributed by atoms with van der Waals surface area (Å²) in [4.78, 5) is 36.9. The van der Waals surface area contributed by atoms with Crippen LogP contribution in [0.15, 0.2) is 48.6 Å². The van der Waals surface area contributed by atoms with Gasteiger partial charge in [-0.05, 0) is 64.2 Å². The fourth-order valence-corrected chi connectivity index (χ4v) is 6.06. The number of allylic oxidation sites excluding steroid dienone is 8. The van der Waals surface area contributed by atoms with Crippen molar-refractivity contribution in [2.24, 2.45) is 0 Å². The number of esters is 2. The second-order valence-electron chi connectivity index (χ2n) is 15.6. The number of carbonyl (C=O) groups is 3. The van der Waals surface area contributed by atoms with Crippen molar-refractivity contribution in [3.05, 3.63) is 48.6 Å². The van der Waals surface area contributed by atoms with E-state index in [9.17, 15) is 19.5 Å². The lowest BCUT2D eigenvalue weighted by molar-refractivity contribution is -0.887. The maximum Gasteiger partial charge on any atom is 0.362 e. The number of quaternary nitrogens is 1. The minimum atomic E-state index is -0.885. The minimum absolute atomic E-state index is 0.0354. The number of hydrogen-bond acceptors (Lipinski definition) is 6. The normalized spacial score (nSPS) is 13.4. The molecule has 0 aliphatic heterocycles. The quantitative estimate of drug-likeness (QED) is 0.0289. The Morgan fingerprint density at radius 2 is 1.02 bits per heavy atom. The van der Waals surface area contributed by atoms with Crippen LogP contribution in [-0.2, 0) is 28.6 Å². The third kappa shape index (κ3) is 35.0. The second-order valence-corrected chi connectivity index (χ2v) is 15.6. The lowest BCUT2D eigenvalue weighted by Crippen LogP contribution is -2.50. The van der Waals surface area contributed by atoms with E-state index in [1.807, 2.05) is 27.2 Å². The number of likely N-dealkylation sites (N-methyl/N-ethyl adjacent to an activating group) is 1. The van der Waals surface area contributed by atoms with Crippen molar-refractivity contribution >= 4 is 17.9 Å². The maximum absolute atomic E-state index is 12.7. The molecule has 0 aliphatic carbocycles. The number of nitrogens with zero attached hydrogens (tertiary/aromatic N) is 1. The molecule has 1 N–H and O–H groups in total. The molecule has 54 heavy (non-hydrogen) atoms. The highest BCUT2D eigenvalue weighted by Crippen LogP contribution is 2.13. The first-order valence-electron chi connectivity index (χ1n) is 21.7. The third-order valence-electron chi connectivity index (χ3n) is 9.46. The van der Waals surface area contributed by atoms with E-state index in [2.05, 4.69) is 56.4 Å². The summed E-state index contributed by atoms with van der Waals surface area (Å²) in [6, 6.07) is -0.624. The van der Waals surface area contributed by atoms with Crippen LogP contribution in [0.4, 0.5) is 0 Å². The van der Waals surface area contributed by atoms with Crippen molar-refractivity contribution in [3.8, 4) is 0 Å². The minimum Gasteiger partial charge on any atom is -0.477 e. The first-order chi connectivity index (χ1) is 26.1. The van der Waals surface area contributed by atoms with Gasteiger partial charge in [0.1, 0.15) is 6.61 Å². The molecule has 0 saturated carbocycles. The van der Waals surface area contributed by atoms with E-state index < -0.39 is 18.1 Å². The Kier molecular flexibility index (Phi) is 35.4. The topological polar surface area (TPSA) is 99.1 Å². The number of aliphatic carboxylic acids is 1. The van der Waals surface area contributed by atoms with Crippen molar-refractivity contribution in [1.29, 1.82) is 0 Å². The van der Waals surface area contributed by atoms with Crippen molar-refractivity contribution in [2.45, 2.75) is 187 Å². The van der Waals surface area contributed by atoms with E-state index in [0.29, 0.717) is 19.3 Å². The zero-order chi connectivity index (χ0) is 40.0. The average Bonchev–Trinajstić information content (AvgIpc) is 3.12. The predicted octanol–water partition coefficient (Wildman–Crippen LogP) is 11.6. The molecule has 0 aromatic heterocycles. The molecule has 8 heteroatoms. The summed E-state index contributed by atoms with van der Waals surface area (Å²) in [5, 5.41) is 9.60. The van der Waals surface area contributed by atoms with Crippen LogP contribution >= 0.6 is 0 Å². The van der Waals surface area contributed by atoms with Gasteiger partial charge in [0.05, 0.1) is 34.4 Å². The molecule has 0 amide bonds. The van der Waals surface area contributed by atoms with Crippen molar-refractivity contribution in [2.75, 3.05) is 41.0 Å². The van der Waals surface area contributed by atoms with E-state index in [-0.39, 0.29) is 42.7 Å². The molecule has 8 nitrogen and oxygen atoms in total. The van der Waals surface area contributed by atoms with E-state index in [1.54, 1.807) is 0 Å². The molecule has 312 valence electrons. The smallest absolute Gasteiger partial charge is 0.362 e. The highest BCUT2D eigenvalue weighted by Gasteiger charge is 2.31. The number of ether oxygens (including phenoxy) is 3. The van der Waals surface area contributed by atoms with Crippen LogP contribution in [0.25, 0.3) is 0 Å². The molecule has 0 spiro atoms. The Morgan fingerprint density at radius 3 is 1.54 bits per heavy atom. The summed E-state index contributed by atoms with van der Waals surface area (Å²) in [6.07, 6.45) is 43.1. The van der Waals surface area contributed by atoms with Gasteiger partial charge in [0.15, 0.2) is 12.1 Å². The Hall–Kier alpha value is -2.71. The highest BCUT2D eigenvalue weighted by molar-refractivity contribution is 5.72. The van der Waals surface area contributed by atoms with Crippen LogP contribution < -0.4 is 0 Å². The number of unbranched alkanes of at least 4 members (excludes halogenated alkanes) is 16. The first kappa shape index (κ1) is 51.3. The molecule has 2 atom stereocenters. The summed E-state index contributed by atoms with van der Waals surface area (Å²) in [5.74, 6) is -1.56. The van der Waals surface area contributed by atoms with Crippen LogP contribution in [0.5, 0.6) is 0 Å². The number of carboxylic acids is 1. The van der Waals surface area contributed by atoms with Crippen LogP contribution in [0.1, 0.15) is 174 Å². The molecule has 0 aromatic rings. The summed E-state index contributed by atoms with van der Waals surface area (Å²) in [7, 11) is 5.50. The molecule has 2 unspecified atom stereocenters. The van der Waals surface area contributed by atoms with Gasteiger partial charge in [0.2, 0.25) is 0 Å². The lowest BCUT2D eigenvalue weighted by Gasteiger charge is -2.31. The van der Waals surface area contributed by atoms with Gasteiger partial charge in [-0.2, -0.15) is 0 Å². The summed E-state index contributed by atoms with van der Waals surface area (Å²) < 4.78 is 17.2. The fraction of sp³-hybridized carbons (Fsp3) is 0.761. The molecular formula is C46H82NO7+. The van der Waals surface area contributed by atoms with E-state index in [1.165, 1.54) is 89.9 Å². The monoisotopic (exact) mass is 761 g/mol. The zero-order valence-electron chi connectivity index (χ0n) is 35.4. The predicted molar refractivity (Wildman–Crippen MR) is 224 cm³/mol. The number of carboxylic acid groups (broad SMARTS) is 1. The molecule has 0 saturated heterocycles. The van der Waals surface area contributed by atoms with Crippen LogP contribution in [0.3, 0.4) is 0 Å². The number of hydrogen-bond donors (Lipinski definition) is 1. The van der Waals surface area contributed by atoms with Gasteiger partial charge in [-0.3, -0.25) is 9.59 Å². The van der Waals surface area contributed by atoms with Gasteiger partial charge in [-0.25, -0.2) is 4.79 Å². The van der Waals surface area contributed by atoms with Gasteiger partial charge in [-0.1, -0.05) is 140 Å². The Bertz CT molecular complexity index is 1030. The fourth-order valence-electron chi connectivity index (χ4n) is 6.06. The molecule has 0 fully saturated rings. The molecule has 0 aromatic carbocycles. The molecule has 0 heterocycles. The van der Waals surface area contributed by atoms with Gasteiger partial charge in [-0.15, -0.1) is 0 Å². The Labute approximate surface area is 331 Å². The largest absolute Gasteiger partial charge is 0.477 e. The van der Waals surface area contributed by atoms with Gasteiger partial charge >= 0.3 is 17.9 Å².